The van der Waals surface area contributed by atoms with Crippen molar-refractivity contribution in [3.05, 3.63) is 71.3 Å². The second-order valence-electron chi connectivity index (χ2n) is 6.14. The van der Waals surface area contributed by atoms with Gasteiger partial charge in [0.25, 0.3) is 0 Å². The van der Waals surface area contributed by atoms with Crippen LogP contribution in [0.15, 0.2) is 54.6 Å². The first-order chi connectivity index (χ1) is 10.9. The monoisotopic (exact) mass is 368 g/mol. The number of rotatable bonds is 6. The molecule has 0 saturated carbocycles. The van der Waals surface area contributed by atoms with E-state index in [1.807, 2.05) is 6.07 Å². The first-order valence-electron chi connectivity index (χ1n) is 8.10. The lowest BCUT2D eigenvalue weighted by molar-refractivity contribution is 0.611. The molecule has 0 fully saturated rings. The van der Waals surface area contributed by atoms with E-state index in [0.29, 0.717) is 12.3 Å². The molecular weight excluding hydrogens is 347 g/mol. The molecule has 2 aromatic carbocycles. The van der Waals surface area contributed by atoms with Gasteiger partial charge in [0.1, 0.15) is 0 Å². The molecule has 0 spiro atoms. The predicted octanol–water partition coefficient (Wildman–Crippen LogP) is 7.29. The van der Waals surface area contributed by atoms with Crippen LogP contribution in [-0.2, 0) is 6.42 Å². The highest BCUT2D eigenvalue weighted by atomic mass is 35.6. The number of alkyl halides is 3. The summed E-state index contributed by atoms with van der Waals surface area (Å²) in [7, 11) is 0. The van der Waals surface area contributed by atoms with Gasteiger partial charge in [-0.15, -0.1) is 0 Å². The summed E-state index contributed by atoms with van der Waals surface area (Å²) in [5.74, 6) is 0.690. The lowest BCUT2D eigenvalue weighted by Crippen LogP contribution is -2.15. The van der Waals surface area contributed by atoms with Crippen molar-refractivity contribution >= 4 is 34.8 Å². The number of halogens is 3. The van der Waals surface area contributed by atoms with Gasteiger partial charge in [0, 0.05) is 6.42 Å². The minimum Gasteiger partial charge on any atom is -0.0837 e. The second kappa shape index (κ2) is 8.42. The fourth-order valence-electron chi connectivity index (χ4n) is 3.02. The SMILES string of the molecule is CCC(C)c1ccccc1C(Cc1ccccc1)CC(Cl)(Cl)Cl. The van der Waals surface area contributed by atoms with E-state index < -0.39 is 3.79 Å². The summed E-state index contributed by atoms with van der Waals surface area (Å²) < 4.78 is -1.25. The molecule has 23 heavy (non-hydrogen) atoms. The van der Waals surface area contributed by atoms with Gasteiger partial charge >= 0.3 is 0 Å². The topological polar surface area (TPSA) is 0 Å². The zero-order chi connectivity index (χ0) is 16.9. The van der Waals surface area contributed by atoms with Crippen molar-refractivity contribution in [3.63, 3.8) is 0 Å². The van der Waals surface area contributed by atoms with Crippen molar-refractivity contribution < 1.29 is 0 Å². The van der Waals surface area contributed by atoms with Crippen LogP contribution in [0.2, 0.25) is 0 Å². The standard InChI is InChI=1S/C20H23Cl3/c1-3-15(2)18-11-7-8-12-19(18)17(14-20(21,22)23)13-16-9-5-4-6-10-16/h4-12,15,17H,3,13-14H2,1-2H3. The maximum atomic E-state index is 6.14. The molecule has 124 valence electrons. The summed E-state index contributed by atoms with van der Waals surface area (Å²) in [6.45, 7) is 4.47. The minimum atomic E-state index is -1.25. The highest BCUT2D eigenvalue weighted by Gasteiger charge is 2.28. The van der Waals surface area contributed by atoms with Crippen LogP contribution in [0.4, 0.5) is 0 Å². The van der Waals surface area contributed by atoms with Gasteiger partial charge in [-0.05, 0) is 41.4 Å². The highest BCUT2D eigenvalue weighted by Crippen LogP contribution is 2.41. The number of benzene rings is 2. The van der Waals surface area contributed by atoms with Crippen molar-refractivity contribution in [3.8, 4) is 0 Å². The third-order valence-electron chi connectivity index (χ3n) is 4.38. The maximum absolute atomic E-state index is 6.14. The van der Waals surface area contributed by atoms with Gasteiger partial charge in [0.2, 0.25) is 0 Å². The van der Waals surface area contributed by atoms with Crippen molar-refractivity contribution in [1.82, 2.24) is 0 Å². The van der Waals surface area contributed by atoms with Crippen LogP contribution in [0.3, 0.4) is 0 Å². The van der Waals surface area contributed by atoms with Crippen molar-refractivity contribution in [2.24, 2.45) is 0 Å². The van der Waals surface area contributed by atoms with E-state index in [-0.39, 0.29) is 5.92 Å². The summed E-state index contributed by atoms with van der Waals surface area (Å²) in [4.78, 5) is 0. The molecular formula is C20H23Cl3. The zero-order valence-electron chi connectivity index (χ0n) is 13.6. The van der Waals surface area contributed by atoms with Crippen LogP contribution in [0.1, 0.15) is 55.2 Å². The van der Waals surface area contributed by atoms with E-state index in [1.165, 1.54) is 16.7 Å². The molecule has 0 aliphatic heterocycles. The molecule has 0 saturated heterocycles. The molecule has 0 nitrogen and oxygen atoms in total. The molecule has 0 radical (unpaired) electrons. The molecule has 2 unspecified atom stereocenters. The normalized spacial score (nSPS) is 14.5. The van der Waals surface area contributed by atoms with Crippen LogP contribution in [0, 0.1) is 0 Å². The van der Waals surface area contributed by atoms with Crippen molar-refractivity contribution in [1.29, 1.82) is 0 Å². The first kappa shape index (κ1) is 18.6. The lowest BCUT2D eigenvalue weighted by atomic mass is 9.83. The van der Waals surface area contributed by atoms with Gasteiger partial charge in [-0.25, -0.2) is 0 Å². The van der Waals surface area contributed by atoms with E-state index in [4.69, 9.17) is 34.8 Å². The fraction of sp³-hybridized carbons (Fsp3) is 0.400. The summed E-state index contributed by atoms with van der Waals surface area (Å²) in [5.41, 5.74) is 3.94. The van der Waals surface area contributed by atoms with E-state index >= 15 is 0 Å². The Balaban J connectivity index is 2.37. The lowest BCUT2D eigenvalue weighted by Gasteiger charge is -2.26. The van der Waals surface area contributed by atoms with Gasteiger partial charge in [-0.1, -0.05) is 103 Å². The van der Waals surface area contributed by atoms with E-state index in [1.54, 1.807) is 0 Å². The quantitative estimate of drug-likeness (QED) is 0.469. The third kappa shape index (κ3) is 5.71. The molecule has 0 aliphatic rings. The molecule has 2 rings (SSSR count). The fourth-order valence-corrected chi connectivity index (χ4v) is 3.58. The number of hydrogen-bond donors (Lipinski definition) is 0. The molecule has 2 aromatic rings. The van der Waals surface area contributed by atoms with E-state index in [2.05, 4.69) is 62.4 Å². The molecule has 0 aliphatic carbocycles. The van der Waals surface area contributed by atoms with Crippen LogP contribution >= 0.6 is 34.8 Å². The van der Waals surface area contributed by atoms with Crippen molar-refractivity contribution in [2.75, 3.05) is 0 Å². The molecule has 0 N–H and O–H groups in total. The third-order valence-corrected chi connectivity index (χ3v) is 4.84. The zero-order valence-corrected chi connectivity index (χ0v) is 15.9. The van der Waals surface area contributed by atoms with Gasteiger partial charge in [-0.2, -0.15) is 0 Å². The maximum Gasteiger partial charge on any atom is 0.191 e. The predicted molar refractivity (Wildman–Crippen MR) is 103 cm³/mol. The summed E-state index contributed by atoms with van der Waals surface area (Å²) in [6.07, 6.45) is 2.49. The first-order valence-corrected chi connectivity index (χ1v) is 9.23. The minimum absolute atomic E-state index is 0.190. The Morgan fingerprint density at radius 1 is 0.870 bits per heavy atom. The van der Waals surface area contributed by atoms with Gasteiger partial charge < -0.3 is 0 Å². The van der Waals surface area contributed by atoms with Crippen LogP contribution in [-0.4, -0.2) is 3.79 Å². The van der Waals surface area contributed by atoms with Crippen LogP contribution in [0.5, 0.6) is 0 Å². The number of hydrogen-bond acceptors (Lipinski definition) is 0. The van der Waals surface area contributed by atoms with Crippen LogP contribution < -0.4 is 0 Å². The molecule has 2 atom stereocenters. The Morgan fingerprint density at radius 2 is 1.43 bits per heavy atom. The Morgan fingerprint density at radius 3 is 2.00 bits per heavy atom. The van der Waals surface area contributed by atoms with Gasteiger partial charge in [0.05, 0.1) is 0 Å². The van der Waals surface area contributed by atoms with E-state index in [0.717, 1.165) is 12.8 Å². The summed E-state index contributed by atoms with van der Waals surface area (Å²) in [5, 5.41) is 0. The summed E-state index contributed by atoms with van der Waals surface area (Å²) >= 11 is 18.4. The average molecular weight is 370 g/mol. The Labute approximate surface area is 154 Å². The van der Waals surface area contributed by atoms with Gasteiger partial charge in [-0.3, -0.25) is 0 Å². The van der Waals surface area contributed by atoms with Crippen LogP contribution in [0.25, 0.3) is 0 Å². The molecule has 3 heteroatoms. The molecule has 0 heterocycles. The molecule has 0 amide bonds. The van der Waals surface area contributed by atoms with Crippen molar-refractivity contribution in [2.45, 2.75) is 48.7 Å². The highest BCUT2D eigenvalue weighted by molar-refractivity contribution is 6.67. The summed E-state index contributed by atoms with van der Waals surface area (Å²) in [6, 6.07) is 19.0. The Kier molecular flexibility index (Phi) is 6.83. The Hall–Kier alpha value is -0.690. The average Bonchev–Trinajstić information content (AvgIpc) is 2.53. The molecule has 0 aromatic heterocycles. The van der Waals surface area contributed by atoms with E-state index in [9.17, 15) is 0 Å². The second-order valence-corrected chi connectivity index (χ2v) is 8.66. The van der Waals surface area contributed by atoms with Gasteiger partial charge in [0.15, 0.2) is 3.79 Å². The largest absolute Gasteiger partial charge is 0.191 e. The smallest absolute Gasteiger partial charge is 0.0837 e. The Bertz CT molecular complexity index is 602. The molecule has 0 bridgehead atoms.